The monoisotopic (exact) mass is 257 g/mol. The van der Waals surface area contributed by atoms with Crippen molar-refractivity contribution < 1.29 is 18.0 Å². The Labute approximate surface area is 101 Å². The van der Waals surface area contributed by atoms with Gasteiger partial charge in [0, 0.05) is 5.92 Å². The molecule has 0 aliphatic rings. The van der Waals surface area contributed by atoms with Crippen LogP contribution in [0.15, 0.2) is 35.2 Å². The van der Waals surface area contributed by atoms with Gasteiger partial charge in [0.1, 0.15) is 0 Å². The molecule has 0 bridgehead atoms. The highest BCUT2D eigenvalue weighted by Crippen LogP contribution is 2.17. The quantitative estimate of drug-likeness (QED) is 0.765. The molecule has 0 saturated carbocycles. The summed E-state index contributed by atoms with van der Waals surface area (Å²) in [6, 6.07) is 7.69. The molecule has 0 atom stereocenters. The number of carbonyl (C=O) groups is 1. The highest BCUT2D eigenvalue weighted by atomic mass is 32.2. The summed E-state index contributed by atoms with van der Waals surface area (Å²) >= 11 is 0. The lowest BCUT2D eigenvalue weighted by Crippen LogP contribution is -2.38. The van der Waals surface area contributed by atoms with Gasteiger partial charge < -0.3 is 0 Å². The van der Waals surface area contributed by atoms with Crippen LogP contribution in [-0.4, -0.2) is 25.9 Å². The van der Waals surface area contributed by atoms with Crippen LogP contribution >= 0.6 is 0 Å². The number of hydrogen-bond donors (Lipinski definition) is 0. The lowest BCUT2D eigenvalue weighted by atomic mass is 10.2. The maximum atomic E-state index is 12.1. The van der Waals surface area contributed by atoms with Gasteiger partial charge in [-0.1, -0.05) is 32.0 Å². The molecule has 1 aromatic carbocycles. The fraction of sp³-hybridized carbons (Fsp3) is 0.364. The van der Waals surface area contributed by atoms with Gasteiger partial charge in [0.15, 0.2) is 0 Å². The van der Waals surface area contributed by atoms with E-state index in [-0.39, 0.29) is 4.90 Å². The van der Waals surface area contributed by atoms with E-state index in [9.17, 15) is 13.2 Å². The number of carbonyl (C=O) groups excluding carboxylic acids is 1. The zero-order chi connectivity index (χ0) is 13.1. The first-order valence-electron chi connectivity index (χ1n) is 5.09. The van der Waals surface area contributed by atoms with E-state index in [1.54, 1.807) is 32.0 Å². The Kier molecular flexibility index (Phi) is 4.25. The Morgan fingerprint density at radius 2 is 1.76 bits per heavy atom. The van der Waals surface area contributed by atoms with Crippen molar-refractivity contribution >= 4 is 15.9 Å². The van der Waals surface area contributed by atoms with Gasteiger partial charge in [-0.15, -0.1) is 4.47 Å². The summed E-state index contributed by atoms with van der Waals surface area (Å²) in [5.41, 5.74) is 0. The molecular formula is C11H15NO4S. The summed E-state index contributed by atoms with van der Waals surface area (Å²) in [7, 11) is -2.78. The molecule has 1 rings (SSSR count). The number of rotatable bonds is 4. The molecule has 0 fully saturated rings. The molecule has 0 aliphatic carbocycles. The van der Waals surface area contributed by atoms with Crippen LogP contribution in [0.25, 0.3) is 0 Å². The van der Waals surface area contributed by atoms with Gasteiger partial charge in [-0.2, -0.15) is 8.42 Å². The van der Waals surface area contributed by atoms with Crippen molar-refractivity contribution in [3.8, 4) is 0 Å². The average Bonchev–Trinajstić information content (AvgIpc) is 2.30. The van der Waals surface area contributed by atoms with Crippen LogP contribution in [0.2, 0.25) is 0 Å². The van der Waals surface area contributed by atoms with Gasteiger partial charge in [-0.05, 0) is 12.1 Å². The first-order valence-corrected chi connectivity index (χ1v) is 6.53. The molecule has 1 aromatic rings. The number of hydrogen-bond acceptors (Lipinski definition) is 4. The Hall–Kier alpha value is -1.40. The third kappa shape index (κ3) is 2.83. The summed E-state index contributed by atoms with van der Waals surface area (Å²) in [4.78, 5) is 16.4. The van der Waals surface area contributed by atoms with Crippen LogP contribution in [0.4, 0.5) is 0 Å². The predicted molar refractivity (Wildman–Crippen MR) is 62.3 cm³/mol. The third-order valence-electron chi connectivity index (χ3n) is 2.10. The lowest BCUT2D eigenvalue weighted by Gasteiger charge is -2.20. The van der Waals surface area contributed by atoms with E-state index in [4.69, 9.17) is 0 Å². The summed E-state index contributed by atoms with van der Waals surface area (Å²) in [5, 5.41) is 0. The van der Waals surface area contributed by atoms with Gasteiger partial charge in [0.05, 0.1) is 12.0 Å². The molecule has 5 nitrogen and oxygen atoms in total. The maximum absolute atomic E-state index is 12.1. The SMILES string of the molecule is CON(C(=O)C(C)C)S(=O)(=O)c1ccccc1. The Bertz CT molecular complexity index is 481. The molecule has 0 heterocycles. The van der Waals surface area contributed by atoms with Gasteiger partial charge in [0.2, 0.25) is 0 Å². The lowest BCUT2D eigenvalue weighted by molar-refractivity contribution is -0.155. The highest BCUT2D eigenvalue weighted by Gasteiger charge is 2.31. The van der Waals surface area contributed by atoms with E-state index in [2.05, 4.69) is 4.84 Å². The van der Waals surface area contributed by atoms with Crippen molar-refractivity contribution in [1.29, 1.82) is 0 Å². The molecule has 0 aliphatic heterocycles. The Morgan fingerprint density at radius 1 is 1.24 bits per heavy atom. The van der Waals surface area contributed by atoms with E-state index in [0.717, 1.165) is 7.11 Å². The van der Waals surface area contributed by atoms with Gasteiger partial charge >= 0.3 is 0 Å². The van der Waals surface area contributed by atoms with Crippen molar-refractivity contribution in [2.24, 2.45) is 5.92 Å². The van der Waals surface area contributed by atoms with Crippen molar-refractivity contribution in [3.05, 3.63) is 30.3 Å². The van der Waals surface area contributed by atoms with Crippen molar-refractivity contribution in [1.82, 2.24) is 4.47 Å². The molecule has 0 aromatic heterocycles. The number of benzene rings is 1. The van der Waals surface area contributed by atoms with Crippen molar-refractivity contribution in [3.63, 3.8) is 0 Å². The molecule has 0 saturated heterocycles. The molecule has 0 radical (unpaired) electrons. The number of nitrogens with zero attached hydrogens (tertiary/aromatic N) is 1. The first-order chi connectivity index (χ1) is 7.91. The molecule has 0 N–H and O–H groups in total. The largest absolute Gasteiger partial charge is 0.289 e. The Morgan fingerprint density at radius 3 is 2.18 bits per heavy atom. The number of hydroxylamine groups is 1. The van der Waals surface area contributed by atoms with E-state index in [1.165, 1.54) is 12.1 Å². The van der Waals surface area contributed by atoms with Crippen LogP contribution in [0.5, 0.6) is 0 Å². The van der Waals surface area contributed by atoms with Crippen LogP contribution < -0.4 is 0 Å². The van der Waals surface area contributed by atoms with E-state index >= 15 is 0 Å². The summed E-state index contributed by atoms with van der Waals surface area (Å²) < 4.78 is 24.6. The topological polar surface area (TPSA) is 63.7 Å². The van der Waals surface area contributed by atoms with Gasteiger partial charge in [0.25, 0.3) is 15.9 Å². The third-order valence-corrected chi connectivity index (χ3v) is 3.73. The predicted octanol–water partition coefficient (Wildman–Crippen LogP) is 1.42. The molecule has 0 spiro atoms. The van der Waals surface area contributed by atoms with Crippen LogP contribution in [0, 0.1) is 5.92 Å². The molecular weight excluding hydrogens is 242 g/mol. The summed E-state index contributed by atoms with van der Waals surface area (Å²) in [5.74, 6) is -1.07. The van der Waals surface area contributed by atoms with E-state index in [0.29, 0.717) is 4.47 Å². The molecule has 94 valence electrons. The first kappa shape index (κ1) is 13.7. The smallest absolute Gasteiger partial charge is 0.271 e. The van der Waals surface area contributed by atoms with Gasteiger partial charge in [-0.3, -0.25) is 9.63 Å². The van der Waals surface area contributed by atoms with Crippen LogP contribution in [-0.2, 0) is 19.7 Å². The van der Waals surface area contributed by atoms with Crippen LogP contribution in [0.1, 0.15) is 13.8 Å². The van der Waals surface area contributed by atoms with E-state index < -0.39 is 21.8 Å². The second-order valence-electron chi connectivity index (χ2n) is 3.72. The minimum Gasteiger partial charge on any atom is -0.271 e. The molecule has 6 heteroatoms. The average molecular weight is 257 g/mol. The van der Waals surface area contributed by atoms with Crippen molar-refractivity contribution in [2.45, 2.75) is 18.7 Å². The summed E-state index contributed by atoms with van der Waals surface area (Å²) in [6.45, 7) is 3.21. The summed E-state index contributed by atoms with van der Waals surface area (Å²) in [6.07, 6.45) is 0. The Balaban J connectivity index is 3.17. The second-order valence-corrected chi connectivity index (χ2v) is 5.47. The standard InChI is InChI=1S/C11H15NO4S/c1-9(2)11(13)12(16-3)17(14,15)10-7-5-4-6-8-10/h4-9H,1-3H3. The minimum atomic E-state index is -3.93. The zero-order valence-corrected chi connectivity index (χ0v) is 10.8. The molecule has 0 unspecified atom stereocenters. The van der Waals surface area contributed by atoms with Gasteiger partial charge in [-0.25, -0.2) is 0 Å². The van der Waals surface area contributed by atoms with E-state index in [1.807, 2.05) is 0 Å². The van der Waals surface area contributed by atoms with Crippen molar-refractivity contribution in [2.75, 3.05) is 7.11 Å². The highest BCUT2D eigenvalue weighted by molar-refractivity contribution is 7.89. The molecule has 1 amide bonds. The minimum absolute atomic E-state index is 0.0239. The number of amides is 1. The normalized spacial score (nSPS) is 11.5. The second kappa shape index (κ2) is 5.29. The fourth-order valence-corrected chi connectivity index (χ4v) is 2.54. The van der Waals surface area contributed by atoms with Crippen LogP contribution in [0.3, 0.4) is 0 Å². The zero-order valence-electron chi connectivity index (χ0n) is 9.95. The fourth-order valence-electron chi connectivity index (χ4n) is 1.21. The maximum Gasteiger partial charge on any atom is 0.289 e. The number of sulfonamides is 1. The molecule has 17 heavy (non-hydrogen) atoms.